The number of sulfonamides is 1. The number of hydrogen-bond donors (Lipinski definition) is 1. The van der Waals surface area contributed by atoms with Gasteiger partial charge in [0, 0.05) is 31.1 Å². The van der Waals surface area contributed by atoms with Gasteiger partial charge in [-0.25, -0.2) is 13.1 Å². The Labute approximate surface area is 141 Å². The summed E-state index contributed by atoms with van der Waals surface area (Å²) in [5, 5.41) is 0. The molecule has 128 valence electrons. The first-order valence-electron chi connectivity index (χ1n) is 7.91. The summed E-state index contributed by atoms with van der Waals surface area (Å²) in [5.74, 6) is 0.809. The Balaban J connectivity index is 1.69. The minimum Gasteiger partial charge on any atom is -0.469 e. The van der Waals surface area contributed by atoms with Gasteiger partial charge in [-0.3, -0.25) is 4.79 Å². The molecule has 2 aromatic rings. The number of nitrogens with one attached hydrogen (secondary N) is 1. The highest BCUT2D eigenvalue weighted by atomic mass is 32.2. The largest absolute Gasteiger partial charge is 0.469 e. The van der Waals surface area contributed by atoms with E-state index in [1.165, 1.54) is 12.1 Å². The van der Waals surface area contributed by atoms with Crippen LogP contribution in [0.1, 0.15) is 25.5 Å². The van der Waals surface area contributed by atoms with E-state index < -0.39 is 10.0 Å². The van der Waals surface area contributed by atoms with Gasteiger partial charge in [-0.2, -0.15) is 0 Å². The lowest BCUT2D eigenvalue weighted by Crippen LogP contribution is -2.34. The Morgan fingerprint density at radius 3 is 2.58 bits per heavy atom. The maximum absolute atomic E-state index is 12.4. The van der Waals surface area contributed by atoms with Crippen LogP contribution in [0.4, 0.5) is 5.69 Å². The summed E-state index contributed by atoms with van der Waals surface area (Å²) in [5.41, 5.74) is 0.736. The fourth-order valence-corrected chi connectivity index (χ4v) is 4.07. The molecule has 24 heavy (non-hydrogen) atoms. The van der Waals surface area contributed by atoms with E-state index in [1.54, 1.807) is 36.3 Å². The van der Waals surface area contributed by atoms with Gasteiger partial charge in [-0.15, -0.1) is 0 Å². The van der Waals surface area contributed by atoms with Crippen molar-refractivity contribution >= 4 is 21.6 Å². The Bertz CT molecular complexity index is 798. The monoisotopic (exact) mass is 348 g/mol. The molecule has 1 unspecified atom stereocenters. The fourth-order valence-electron chi connectivity index (χ4n) is 2.83. The van der Waals surface area contributed by atoms with Gasteiger partial charge in [0.1, 0.15) is 5.76 Å². The number of amides is 1. The van der Waals surface area contributed by atoms with Crippen molar-refractivity contribution in [2.24, 2.45) is 0 Å². The molecule has 2 heterocycles. The van der Waals surface area contributed by atoms with Crippen molar-refractivity contribution in [2.75, 3.05) is 11.4 Å². The molecule has 1 atom stereocenters. The Kier molecular flexibility index (Phi) is 4.73. The second-order valence-electron chi connectivity index (χ2n) is 5.95. The normalized spacial score (nSPS) is 16.5. The third-order valence-corrected chi connectivity index (χ3v) is 5.58. The third-order valence-electron chi connectivity index (χ3n) is 3.98. The second-order valence-corrected chi connectivity index (χ2v) is 7.66. The molecule has 6 nitrogen and oxygen atoms in total. The van der Waals surface area contributed by atoms with Crippen molar-refractivity contribution < 1.29 is 17.6 Å². The highest BCUT2D eigenvalue weighted by Crippen LogP contribution is 2.23. The fraction of sp³-hybridized carbons (Fsp3) is 0.353. The number of carbonyl (C=O) groups excluding carboxylic acids is 1. The van der Waals surface area contributed by atoms with Gasteiger partial charge in [0.25, 0.3) is 0 Å². The van der Waals surface area contributed by atoms with Crippen molar-refractivity contribution in [3.8, 4) is 0 Å². The molecule has 3 rings (SSSR count). The topological polar surface area (TPSA) is 79.6 Å². The van der Waals surface area contributed by atoms with Crippen molar-refractivity contribution in [3.63, 3.8) is 0 Å². The standard InChI is InChI=1S/C17H20N2O4S/c1-13(12-15-4-3-11-23-15)18-24(21,22)16-8-6-14(7-9-16)19-10-2-5-17(19)20/h3-4,6-9,11,13,18H,2,5,10,12H2,1H3. The molecule has 1 fully saturated rings. The summed E-state index contributed by atoms with van der Waals surface area (Å²) in [6, 6.07) is 9.71. The van der Waals surface area contributed by atoms with Crippen LogP contribution in [0.2, 0.25) is 0 Å². The first-order chi connectivity index (χ1) is 11.5. The number of benzene rings is 1. The lowest BCUT2D eigenvalue weighted by molar-refractivity contribution is -0.117. The molecule has 1 aliphatic heterocycles. The van der Waals surface area contributed by atoms with Crippen LogP contribution in [0.25, 0.3) is 0 Å². The summed E-state index contributed by atoms with van der Waals surface area (Å²) < 4.78 is 32.8. The molecule has 1 aromatic carbocycles. The van der Waals surface area contributed by atoms with E-state index in [4.69, 9.17) is 4.42 Å². The smallest absolute Gasteiger partial charge is 0.240 e. The second kappa shape index (κ2) is 6.78. The van der Waals surface area contributed by atoms with Crippen LogP contribution in [0.15, 0.2) is 52.0 Å². The van der Waals surface area contributed by atoms with E-state index >= 15 is 0 Å². The number of anilines is 1. The Morgan fingerprint density at radius 2 is 2.00 bits per heavy atom. The summed E-state index contributed by atoms with van der Waals surface area (Å²) in [6.07, 6.45) is 3.43. The quantitative estimate of drug-likeness (QED) is 0.869. The van der Waals surface area contributed by atoms with E-state index in [0.717, 1.165) is 17.9 Å². The van der Waals surface area contributed by atoms with E-state index in [2.05, 4.69) is 4.72 Å². The summed E-state index contributed by atoms with van der Waals surface area (Å²) in [6.45, 7) is 2.47. The molecule has 1 N–H and O–H groups in total. The van der Waals surface area contributed by atoms with Crippen LogP contribution in [0.5, 0.6) is 0 Å². The summed E-state index contributed by atoms with van der Waals surface area (Å²) >= 11 is 0. The predicted molar refractivity (Wildman–Crippen MR) is 90.2 cm³/mol. The molecule has 1 saturated heterocycles. The third kappa shape index (κ3) is 3.68. The van der Waals surface area contributed by atoms with Crippen molar-refractivity contribution in [3.05, 3.63) is 48.4 Å². The lowest BCUT2D eigenvalue weighted by Gasteiger charge is -2.17. The number of rotatable bonds is 6. The van der Waals surface area contributed by atoms with E-state index in [0.29, 0.717) is 19.4 Å². The average molecular weight is 348 g/mol. The van der Waals surface area contributed by atoms with Crippen LogP contribution in [0, 0.1) is 0 Å². The summed E-state index contributed by atoms with van der Waals surface area (Å²) in [4.78, 5) is 13.6. The maximum atomic E-state index is 12.4. The van der Waals surface area contributed by atoms with Gasteiger partial charge in [0.05, 0.1) is 11.2 Å². The first kappa shape index (κ1) is 16.7. The SMILES string of the molecule is CC(Cc1ccco1)NS(=O)(=O)c1ccc(N2CCCC2=O)cc1. The zero-order valence-electron chi connectivity index (χ0n) is 13.4. The van der Waals surface area contributed by atoms with Gasteiger partial charge in [0.2, 0.25) is 15.9 Å². The molecule has 1 aliphatic rings. The zero-order chi connectivity index (χ0) is 17.2. The summed E-state index contributed by atoms with van der Waals surface area (Å²) in [7, 11) is -3.61. The van der Waals surface area contributed by atoms with Crippen molar-refractivity contribution in [1.82, 2.24) is 4.72 Å². The molecule has 7 heteroatoms. The predicted octanol–water partition coefficient (Wildman–Crippen LogP) is 2.32. The minimum absolute atomic E-state index is 0.0794. The molecule has 1 amide bonds. The molecule has 0 aliphatic carbocycles. The molecule has 1 aromatic heterocycles. The van der Waals surface area contributed by atoms with Crippen LogP contribution in [0.3, 0.4) is 0 Å². The van der Waals surface area contributed by atoms with E-state index in [9.17, 15) is 13.2 Å². The van der Waals surface area contributed by atoms with Gasteiger partial charge >= 0.3 is 0 Å². The van der Waals surface area contributed by atoms with E-state index in [-0.39, 0.29) is 16.8 Å². The molecule has 0 spiro atoms. The molecule has 0 radical (unpaired) electrons. The number of furan rings is 1. The van der Waals surface area contributed by atoms with Gasteiger partial charge in [-0.05, 0) is 49.7 Å². The molecular weight excluding hydrogens is 328 g/mol. The number of hydrogen-bond acceptors (Lipinski definition) is 4. The molecule has 0 bridgehead atoms. The lowest BCUT2D eigenvalue weighted by atomic mass is 10.2. The van der Waals surface area contributed by atoms with Crippen LogP contribution in [-0.4, -0.2) is 26.9 Å². The number of nitrogens with zero attached hydrogens (tertiary/aromatic N) is 1. The van der Waals surface area contributed by atoms with Crippen LogP contribution >= 0.6 is 0 Å². The van der Waals surface area contributed by atoms with Gasteiger partial charge in [-0.1, -0.05) is 0 Å². The zero-order valence-corrected chi connectivity index (χ0v) is 14.3. The Hall–Kier alpha value is -2.12. The maximum Gasteiger partial charge on any atom is 0.240 e. The van der Waals surface area contributed by atoms with E-state index in [1.807, 2.05) is 6.07 Å². The number of carbonyl (C=O) groups is 1. The first-order valence-corrected chi connectivity index (χ1v) is 9.39. The minimum atomic E-state index is -3.61. The van der Waals surface area contributed by atoms with Crippen LogP contribution < -0.4 is 9.62 Å². The van der Waals surface area contributed by atoms with Crippen molar-refractivity contribution in [1.29, 1.82) is 0 Å². The van der Waals surface area contributed by atoms with Gasteiger partial charge in [0.15, 0.2) is 0 Å². The molecule has 0 saturated carbocycles. The van der Waals surface area contributed by atoms with Crippen LogP contribution in [-0.2, 0) is 21.2 Å². The van der Waals surface area contributed by atoms with Gasteiger partial charge < -0.3 is 9.32 Å². The highest BCUT2D eigenvalue weighted by molar-refractivity contribution is 7.89. The highest BCUT2D eigenvalue weighted by Gasteiger charge is 2.23. The van der Waals surface area contributed by atoms with Crippen molar-refractivity contribution in [2.45, 2.75) is 37.1 Å². The Morgan fingerprint density at radius 1 is 1.25 bits per heavy atom. The average Bonchev–Trinajstić information content (AvgIpc) is 3.18. The molecular formula is C17H20N2O4S.